The molecule has 2 atom stereocenters. The minimum absolute atomic E-state index is 0.0136. The third kappa shape index (κ3) is 7.25. The van der Waals surface area contributed by atoms with Gasteiger partial charge in [0.05, 0.1) is 7.11 Å². The van der Waals surface area contributed by atoms with E-state index >= 15 is 0 Å². The van der Waals surface area contributed by atoms with Gasteiger partial charge in [-0.15, -0.1) is 0 Å². The molecule has 1 heterocycles. The summed E-state index contributed by atoms with van der Waals surface area (Å²) in [7, 11) is 1.31. The largest absolute Gasteiger partial charge is 0.467 e. The highest BCUT2D eigenvalue weighted by Gasteiger charge is 2.25. The molecule has 0 unspecified atom stereocenters. The van der Waals surface area contributed by atoms with Gasteiger partial charge in [0.2, 0.25) is 5.91 Å². The summed E-state index contributed by atoms with van der Waals surface area (Å²) in [6, 6.07) is 16.5. The number of nitrogens with one attached hydrogen (secondary N) is 2. The molecule has 4 N–H and O–H groups in total. The highest BCUT2D eigenvalue weighted by molar-refractivity contribution is 5.85. The Hall–Kier alpha value is -4.05. The van der Waals surface area contributed by atoms with E-state index in [9.17, 15) is 9.59 Å². The van der Waals surface area contributed by atoms with Crippen molar-refractivity contribution in [2.45, 2.75) is 25.3 Å². The molecular weight excluding hydrogens is 416 g/mol. The van der Waals surface area contributed by atoms with Crippen LogP contribution < -0.4 is 11.1 Å². The predicted molar refractivity (Wildman–Crippen MR) is 127 cm³/mol. The maximum atomic E-state index is 12.6. The number of amides is 1. The van der Waals surface area contributed by atoms with Gasteiger partial charge in [0.15, 0.2) is 5.96 Å². The molecule has 0 aliphatic carbocycles. The summed E-state index contributed by atoms with van der Waals surface area (Å²) < 4.78 is 4.90. The van der Waals surface area contributed by atoms with Gasteiger partial charge in [-0.1, -0.05) is 48.2 Å². The van der Waals surface area contributed by atoms with Gasteiger partial charge >= 0.3 is 5.97 Å². The van der Waals surface area contributed by atoms with Gasteiger partial charge in [0, 0.05) is 36.7 Å². The fourth-order valence-electron chi connectivity index (χ4n) is 3.60. The standard InChI is InChI=1S/C26H28N4O3/c1-33-25(32)23(29-24(31)17-22-8-5-15-30(18-22)26(27)28)16-21-13-11-20(12-14-21)10-9-19-6-3-2-4-7-19/h2-7,11-15,22-23H,8,16-18H2,1H3,(H3,27,28)(H,29,31)/t22-,23+/m1/s1. The van der Waals surface area contributed by atoms with Gasteiger partial charge < -0.3 is 20.7 Å². The second kappa shape index (κ2) is 11.5. The molecule has 1 aliphatic rings. The topological polar surface area (TPSA) is 109 Å². The van der Waals surface area contributed by atoms with Gasteiger partial charge in [0.25, 0.3) is 0 Å². The Morgan fingerprint density at radius 1 is 1.15 bits per heavy atom. The molecule has 2 aromatic carbocycles. The summed E-state index contributed by atoms with van der Waals surface area (Å²) >= 11 is 0. The Balaban J connectivity index is 1.59. The van der Waals surface area contributed by atoms with E-state index in [-0.39, 0.29) is 24.2 Å². The predicted octanol–water partition coefficient (Wildman–Crippen LogP) is 2.41. The van der Waals surface area contributed by atoms with Crippen LogP contribution in [-0.2, 0) is 20.7 Å². The Bertz CT molecular complexity index is 1070. The summed E-state index contributed by atoms with van der Waals surface area (Å²) in [5.41, 5.74) is 8.22. The zero-order valence-electron chi connectivity index (χ0n) is 18.6. The molecule has 0 saturated carbocycles. The van der Waals surface area contributed by atoms with Crippen LogP contribution in [0.3, 0.4) is 0 Å². The van der Waals surface area contributed by atoms with Crippen molar-refractivity contribution in [1.82, 2.24) is 10.2 Å². The van der Waals surface area contributed by atoms with Crippen LogP contribution >= 0.6 is 0 Å². The average molecular weight is 445 g/mol. The molecule has 170 valence electrons. The number of carbonyl (C=O) groups is 2. The van der Waals surface area contributed by atoms with Gasteiger partial charge in [-0.05, 0) is 42.2 Å². The minimum Gasteiger partial charge on any atom is -0.467 e. The highest BCUT2D eigenvalue weighted by Crippen LogP contribution is 2.17. The van der Waals surface area contributed by atoms with Crippen LogP contribution in [0.15, 0.2) is 66.9 Å². The molecule has 33 heavy (non-hydrogen) atoms. The molecule has 0 fully saturated rings. The van der Waals surface area contributed by atoms with E-state index in [1.54, 1.807) is 11.1 Å². The average Bonchev–Trinajstić information content (AvgIpc) is 2.83. The molecule has 1 amide bonds. The molecule has 0 saturated heterocycles. The number of ether oxygens (including phenoxy) is 1. The van der Waals surface area contributed by atoms with Crippen molar-refractivity contribution in [3.8, 4) is 11.8 Å². The van der Waals surface area contributed by atoms with E-state index in [0.717, 1.165) is 16.7 Å². The lowest BCUT2D eigenvalue weighted by Crippen LogP contribution is -2.45. The smallest absolute Gasteiger partial charge is 0.328 e. The lowest BCUT2D eigenvalue weighted by atomic mass is 9.97. The van der Waals surface area contributed by atoms with E-state index in [4.69, 9.17) is 15.9 Å². The number of rotatable bonds is 6. The molecule has 0 bridgehead atoms. The Labute approximate surface area is 194 Å². The fraction of sp³-hybridized carbons (Fsp3) is 0.269. The zero-order chi connectivity index (χ0) is 23.6. The number of guanidine groups is 1. The van der Waals surface area contributed by atoms with E-state index in [2.05, 4.69) is 17.2 Å². The van der Waals surface area contributed by atoms with E-state index < -0.39 is 12.0 Å². The van der Waals surface area contributed by atoms with Crippen molar-refractivity contribution >= 4 is 17.8 Å². The number of nitrogens with two attached hydrogens (primary N) is 1. The third-order valence-corrected chi connectivity index (χ3v) is 5.33. The number of hydrogen-bond acceptors (Lipinski definition) is 4. The lowest BCUT2D eigenvalue weighted by molar-refractivity contribution is -0.145. The first-order valence-corrected chi connectivity index (χ1v) is 10.7. The summed E-state index contributed by atoms with van der Waals surface area (Å²) in [6.45, 7) is 0.494. The maximum absolute atomic E-state index is 12.6. The van der Waals surface area contributed by atoms with Crippen molar-refractivity contribution in [3.63, 3.8) is 0 Å². The number of allylic oxidation sites excluding steroid dienone is 1. The van der Waals surface area contributed by atoms with Gasteiger partial charge in [-0.25, -0.2) is 4.79 Å². The van der Waals surface area contributed by atoms with Crippen molar-refractivity contribution in [2.75, 3.05) is 13.7 Å². The number of carbonyl (C=O) groups excluding carboxylic acids is 2. The normalized spacial score (nSPS) is 15.7. The molecule has 0 radical (unpaired) electrons. The first-order chi connectivity index (χ1) is 15.9. The highest BCUT2D eigenvalue weighted by atomic mass is 16.5. The summed E-state index contributed by atoms with van der Waals surface area (Å²) in [6.07, 6.45) is 4.90. The van der Waals surface area contributed by atoms with Crippen LogP contribution in [-0.4, -0.2) is 42.4 Å². The van der Waals surface area contributed by atoms with Crippen LogP contribution in [0.1, 0.15) is 29.5 Å². The monoisotopic (exact) mass is 444 g/mol. The van der Waals surface area contributed by atoms with Crippen LogP contribution in [0.2, 0.25) is 0 Å². The van der Waals surface area contributed by atoms with E-state index in [1.807, 2.05) is 60.7 Å². The number of benzene rings is 2. The molecule has 3 rings (SSSR count). The van der Waals surface area contributed by atoms with Crippen LogP contribution in [0.5, 0.6) is 0 Å². The number of esters is 1. The second-order valence-electron chi connectivity index (χ2n) is 7.89. The fourth-order valence-corrected chi connectivity index (χ4v) is 3.60. The van der Waals surface area contributed by atoms with E-state index in [1.165, 1.54) is 7.11 Å². The van der Waals surface area contributed by atoms with Gasteiger partial charge in [0.1, 0.15) is 6.04 Å². The van der Waals surface area contributed by atoms with Crippen LogP contribution in [0.25, 0.3) is 0 Å². The Kier molecular flexibility index (Phi) is 8.25. The number of hydrogen-bond donors (Lipinski definition) is 3. The molecule has 1 aliphatic heterocycles. The molecule has 7 nitrogen and oxygen atoms in total. The summed E-state index contributed by atoms with van der Waals surface area (Å²) in [5.74, 6) is 5.46. The van der Waals surface area contributed by atoms with Crippen LogP contribution in [0.4, 0.5) is 0 Å². The van der Waals surface area contributed by atoms with Crippen molar-refractivity contribution in [3.05, 3.63) is 83.6 Å². The zero-order valence-corrected chi connectivity index (χ0v) is 18.6. The second-order valence-corrected chi connectivity index (χ2v) is 7.89. The number of nitrogens with zero attached hydrogens (tertiary/aromatic N) is 1. The molecule has 0 spiro atoms. The Morgan fingerprint density at radius 3 is 2.45 bits per heavy atom. The van der Waals surface area contributed by atoms with Crippen molar-refractivity contribution in [1.29, 1.82) is 5.41 Å². The lowest BCUT2D eigenvalue weighted by Gasteiger charge is -2.28. The number of methoxy groups -OCH3 is 1. The molecule has 2 aromatic rings. The molecule has 7 heteroatoms. The van der Waals surface area contributed by atoms with E-state index in [0.29, 0.717) is 19.4 Å². The first-order valence-electron chi connectivity index (χ1n) is 10.7. The Morgan fingerprint density at radius 2 is 1.82 bits per heavy atom. The summed E-state index contributed by atoms with van der Waals surface area (Å²) in [5, 5.41) is 10.3. The van der Waals surface area contributed by atoms with Crippen LogP contribution in [0, 0.1) is 23.2 Å². The van der Waals surface area contributed by atoms with Gasteiger partial charge in [-0.2, -0.15) is 0 Å². The van der Waals surface area contributed by atoms with Crippen molar-refractivity contribution < 1.29 is 14.3 Å². The quantitative estimate of drug-likeness (QED) is 0.274. The summed E-state index contributed by atoms with van der Waals surface area (Å²) in [4.78, 5) is 26.5. The first kappa shape index (κ1) is 23.6. The van der Waals surface area contributed by atoms with Crippen molar-refractivity contribution in [2.24, 2.45) is 11.7 Å². The minimum atomic E-state index is -0.785. The SMILES string of the molecule is COC(=O)[C@H](Cc1ccc(C#Cc2ccccc2)cc1)NC(=O)C[C@H]1CC=CN(C(=N)N)C1. The maximum Gasteiger partial charge on any atom is 0.328 e. The molecular formula is C26H28N4O3. The van der Waals surface area contributed by atoms with Gasteiger partial charge in [-0.3, -0.25) is 10.2 Å². The third-order valence-electron chi connectivity index (χ3n) is 5.33. The molecule has 0 aromatic heterocycles.